The van der Waals surface area contributed by atoms with Gasteiger partial charge in [-0.2, -0.15) is 0 Å². The third-order valence-corrected chi connectivity index (χ3v) is 3.60. The highest BCUT2D eigenvalue weighted by atomic mass is 16.5. The fraction of sp³-hybridized carbons (Fsp3) is 0.200. The van der Waals surface area contributed by atoms with Crippen molar-refractivity contribution < 1.29 is 19.1 Å². The summed E-state index contributed by atoms with van der Waals surface area (Å²) in [6.45, 7) is 2.35. The van der Waals surface area contributed by atoms with E-state index in [-0.39, 0.29) is 11.8 Å². The van der Waals surface area contributed by atoms with Crippen LogP contribution in [0.15, 0.2) is 48.5 Å². The molecule has 0 unspecified atom stereocenters. The Balaban J connectivity index is 2.12. The molecule has 2 aromatic carbocycles. The molecule has 26 heavy (non-hydrogen) atoms. The normalized spacial score (nSPS) is 10.4. The summed E-state index contributed by atoms with van der Waals surface area (Å²) in [4.78, 5) is 24.3. The van der Waals surface area contributed by atoms with Crippen molar-refractivity contribution in [3.05, 3.63) is 59.7 Å². The van der Waals surface area contributed by atoms with Gasteiger partial charge in [-0.05, 0) is 42.8 Å². The van der Waals surface area contributed by atoms with Gasteiger partial charge in [0.1, 0.15) is 0 Å². The molecule has 0 fully saturated rings. The fourth-order valence-electron chi connectivity index (χ4n) is 2.35. The molecule has 0 aliphatic rings. The number of methoxy groups -OCH3 is 2. The minimum atomic E-state index is -0.337. The number of para-hydroxylation sites is 1. The molecule has 0 bridgehead atoms. The van der Waals surface area contributed by atoms with Gasteiger partial charge in [-0.25, -0.2) is 0 Å². The van der Waals surface area contributed by atoms with Crippen LogP contribution in [0.25, 0.3) is 6.08 Å². The van der Waals surface area contributed by atoms with Crippen molar-refractivity contribution in [3.8, 4) is 11.5 Å². The first-order valence-electron chi connectivity index (χ1n) is 8.17. The molecule has 0 aliphatic carbocycles. The van der Waals surface area contributed by atoms with Crippen LogP contribution in [-0.2, 0) is 4.79 Å². The number of nitrogens with one attached hydrogen (secondary N) is 2. The van der Waals surface area contributed by atoms with Gasteiger partial charge in [0.25, 0.3) is 5.91 Å². The van der Waals surface area contributed by atoms with Gasteiger partial charge in [0.2, 0.25) is 5.91 Å². The summed E-state index contributed by atoms with van der Waals surface area (Å²) < 4.78 is 10.4. The van der Waals surface area contributed by atoms with Crippen molar-refractivity contribution >= 4 is 23.6 Å². The summed E-state index contributed by atoms with van der Waals surface area (Å²) in [6.07, 6.45) is 3.06. The number of ether oxygens (including phenoxy) is 2. The number of carbonyl (C=O) groups excluding carboxylic acids is 2. The van der Waals surface area contributed by atoms with Gasteiger partial charge in [0.05, 0.1) is 25.5 Å². The zero-order valence-corrected chi connectivity index (χ0v) is 15.0. The predicted molar refractivity (Wildman–Crippen MR) is 102 cm³/mol. The van der Waals surface area contributed by atoms with E-state index in [0.717, 1.165) is 5.56 Å². The molecule has 2 N–H and O–H groups in total. The molecule has 0 aromatic heterocycles. The molecule has 0 atom stereocenters. The molecular formula is C20H22N2O4. The standard InChI is InChI=1S/C20H22N2O4/c1-4-21-20(24)15-7-5-6-8-16(15)22-19(23)12-10-14-9-11-17(25-2)18(13-14)26-3/h5-13H,4H2,1-3H3,(H,21,24)(H,22,23)/b12-10+. The minimum absolute atomic E-state index is 0.229. The highest BCUT2D eigenvalue weighted by Gasteiger charge is 2.11. The minimum Gasteiger partial charge on any atom is -0.493 e. The molecule has 0 saturated heterocycles. The van der Waals surface area contributed by atoms with Crippen molar-refractivity contribution in [2.75, 3.05) is 26.1 Å². The van der Waals surface area contributed by atoms with Crippen LogP contribution in [0.2, 0.25) is 0 Å². The van der Waals surface area contributed by atoms with Crippen LogP contribution in [0.4, 0.5) is 5.69 Å². The van der Waals surface area contributed by atoms with Crippen molar-refractivity contribution in [1.82, 2.24) is 5.32 Å². The highest BCUT2D eigenvalue weighted by molar-refractivity contribution is 6.07. The smallest absolute Gasteiger partial charge is 0.253 e. The Hall–Kier alpha value is -3.28. The molecule has 0 aliphatic heterocycles. The molecule has 2 rings (SSSR count). The summed E-state index contributed by atoms with van der Waals surface area (Å²) in [7, 11) is 3.11. The molecule has 0 radical (unpaired) electrons. The average Bonchev–Trinajstić information content (AvgIpc) is 2.66. The summed E-state index contributed by atoms with van der Waals surface area (Å²) >= 11 is 0. The van der Waals surface area contributed by atoms with E-state index in [9.17, 15) is 9.59 Å². The molecule has 0 saturated carbocycles. The van der Waals surface area contributed by atoms with E-state index in [1.165, 1.54) is 6.08 Å². The Morgan fingerprint density at radius 1 is 1.04 bits per heavy atom. The lowest BCUT2D eigenvalue weighted by molar-refractivity contribution is -0.111. The number of hydrogen-bond acceptors (Lipinski definition) is 4. The third kappa shape index (κ3) is 4.86. The Morgan fingerprint density at radius 3 is 2.46 bits per heavy atom. The van der Waals surface area contributed by atoms with Gasteiger partial charge in [-0.1, -0.05) is 18.2 Å². The number of hydrogen-bond donors (Lipinski definition) is 2. The van der Waals surface area contributed by atoms with Crippen LogP contribution in [0, 0.1) is 0 Å². The van der Waals surface area contributed by atoms with Gasteiger partial charge in [0.15, 0.2) is 11.5 Å². The third-order valence-electron chi connectivity index (χ3n) is 3.60. The molecule has 0 heterocycles. The van der Waals surface area contributed by atoms with Crippen molar-refractivity contribution in [2.45, 2.75) is 6.92 Å². The summed E-state index contributed by atoms with van der Waals surface area (Å²) in [6, 6.07) is 12.2. The van der Waals surface area contributed by atoms with Gasteiger partial charge >= 0.3 is 0 Å². The van der Waals surface area contributed by atoms with Crippen molar-refractivity contribution in [1.29, 1.82) is 0 Å². The largest absolute Gasteiger partial charge is 0.493 e. The van der Waals surface area contributed by atoms with Crippen LogP contribution in [0.3, 0.4) is 0 Å². The highest BCUT2D eigenvalue weighted by Crippen LogP contribution is 2.28. The Morgan fingerprint density at radius 2 is 1.77 bits per heavy atom. The number of anilines is 1. The molecule has 6 nitrogen and oxygen atoms in total. The topological polar surface area (TPSA) is 76.7 Å². The Labute approximate surface area is 152 Å². The fourth-order valence-corrected chi connectivity index (χ4v) is 2.35. The van der Waals surface area contributed by atoms with Crippen molar-refractivity contribution in [3.63, 3.8) is 0 Å². The van der Waals surface area contributed by atoms with Gasteiger partial charge in [0, 0.05) is 12.6 Å². The van der Waals surface area contributed by atoms with Gasteiger partial charge in [-0.15, -0.1) is 0 Å². The SMILES string of the molecule is CCNC(=O)c1ccccc1NC(=O)/C=C/c1ccc(OC)c(OC)c1. The van der Waals surface area contributed by atoms with E-state index in [1.807, 2.05) is 13.0 Å². The van der Waals surface area contributed by atoms with E-state index < -0.39 is 0 Å². The zero-order chi connectivity index (χ0) is 18.9. The lowest BCUT2D eigenvalue weighted by Gasteiger charge is -2.09. The molecule has 2 amide bonds. The van der Waals surface area contributed by atoms with Gasteiger partial charge < -0.3 is 20.1 Å². The quantitative estimate of drug-likeness (QED) is 0.749. The molecular weight excluding hydrogens is 332 g/mol. The predicted octanol–water partition coefficient (Wildman–Crippen LogP) is 3.11. The van der Waals surface area contributed by atoms with Crippen LogP contribution in [0.5, 0.6) is 11.5 Å². The maximum atomic E-state index is 12.2. The summed E-state index contributed by atoms with van der Waals surface area (Å²) in [5.74, 6) is 0.630. The molecule has 0 spiro atoms. The van der Waals surface area contributed by atoms with Crippen LogP contribution in [-0.4, -0.2) is 32.6 Å². The number of benzene rings is 2. The first kappa shape index (κ1) is 19.1. The Kier molecular flexibility index (Phi) is 6.79. The second-order valence-corrected chi connectivity index (χ2v) is 5.34. The second kappa shape index (κ2) is 9.27. The lowest BCUT2D eigenvalue weighted by atomic mass is 10.1. The molecule has 6 heteroatoms. The van der Waals surface area contributed by atoms with E-state index in [4.69, 9.17) is 9.47 Å². The number of amides is 2. The summed E-state index contributed by atoms with van der Waals surface area (Å²) in [5.41, 5.74) is 1.66. The zero-order valence-electron chi connectivity index (χ0n) is 15.0. The van der Waals surface area contributed by atoms with E-state index in [0.29, 0.717) is 29.3 Å². The van der Waals surface area contributed by atoms with E-state index >= 15 is 0 Å². The number of carbonyl (C=O) groups is 2. The summed E-state index contributed by atoms with van der Waals surface area (Å²) in [5, 5.41) is 5.45. The first-order chi connectivity index (χ1) is 12.6. The maximum Gasteiger partial charge on any atom is 0.253 e. The van der Waals surface area contributed by atoms with E-state index in [2.05, 4.69) is 10.6 Å². The molecule has 136 valence electrons. The molecule has 2 aromatic rings. The second-order valence-electron chi connectivity index (χ2n) is 5.34. The van der Waals surface area contributed by atoms with Gasteiger partial charge in [-0.3, -0.25) is 9.59 Å². The van der Waals surface area contributed by atoms with Crippen LogP contribution in [0.1, 0.15) is 22.8 Å². The Bertz CT molecular complexity index is 815. The lowest BCUT2D eigenvalue weighted by Crippen LogP contribution is -2.24. The van der Waals surface area contributed by atoms with E-state index in [1.54, 1.807) is 56.7 Å². The van der Waals surface area contributed by atoms with Crippen LogP contribution < -0.4 is 20.1 Å². The maximum absolute atomic E-state index is 12.2. The van der Waals surface area contributed by atoms with Crippen molar-refractivity contribution in [2.24, 2.45) is 0 Å². The first-order valence-corrected chi connectivity index (χ1v) is 8.17. The van der Waals surface area contributed by atoms with Crippen LogP contribution >= 0.6 is 0 Å². The average molecular weight is 354 g/mol. The number of rotatable bonds is 7. The monoisotopic (exact) mass is 354 g/mol.